The first-order chi connectivity index (χ1) is 7.52. The molecule has 1 heterocycles. The van der Waals surface area contributed by atoms with Gasteiger partial charge in [0.05, 0.1) is 0 Å². The van der Waals surface area contributed by atoms with E-state index in [2.05, 4.69) is 0 Å². The van der Waals surface area contributed by atoms with Crippen molar-refractivity contribution >= 4 is 0 Å². The third-order valence-electron chi connectivity index (χ3n) is 3.84. The second-order valence-corrected chi connectivity index (χ2v) is 4.72. The molecule has 0 spiro atoms. The van der Waals surface area contributed by atoms with Crippen LogP contribution in [0.2, 0.25) is 0 Å². The summed E-state index contributed by atoms with van der Waals surface area (Å²) in [5.41, 5.74) is 4.03. The Bertz CT molecular complexity index is 424. The molecule has 1 saturated heterocycles. The Hall–Kier alpha value is -0.940. The first-order valence-electron chi connectivity index (χ1n) is 5.51. The molecule has 16 heavy (non-hydrogen) atoms. The molecule has 86 valence electrons. The molecule has 1 aliphatic heterocycles. The minimum absolute atomic E-state index is 0.467. The first kappa shape index (κ1) is 10.2. The van der Waals surface area contributed by atoms with E-state index in [1.807, 2.05) is 6.07 Å². The molecule has 3 rings (SSSR count). The normalized spacial score (nSPS) is 46.2. The molecule has 2 fully saturated rings. The van der Waals surface area contributed by atoms with Gasteiger partial charge in [0.2, 0.25) is 5.79 Å². The zero-order valence-corrected chi connectivity index (χ0v) is 8.89. The lowest BCUT2D eigenvalue weighted by atomic mass is 9.75. The molecule has 0 aromatic heterocycles. The second kappa shape index (κ2) is 2.84. The molecule has 3 atom stereocenters. The maximum Gasteiger partial charge on any atom is 0.228 e. The Morgan fingerprint density at radius 1 is 1.12 bits per heavy atom. The van der Waals surface area contributed by atoms with Gasteiger partial charge in [-0.3, -0.25) is 0 Å². The monoisotopic (exact) mass is 221 g/mol. The van der Waals surface area contributed by atoms with Gasteiger partial charge in [-0.25, -0.2) is 0 Å². The largest absolute Gasteiger partial charge is 0.380 e. The highest BCUT2D eigenvalue weighted by Gasteiger charge is 2.76. The van der Waals surface area contributed by atoms with Crippen molar-refractivity contribution in [2.24, 2.45) is 5.73 Å². The summed E-state index contributed by atoms with van der Waals surface area (Å²) in [5.74, 6) is -1.65. The molecule has 4 heteroatoms. The summed E-state index contributed by atoms with van der Waals surface area (Å²) in [6, 6.07) is 8.91. The molecule has 1 saturated carbocycles. The predicted octanol–water partition coefficient (Wildman–Crippen LogP) is 0.432. The highest BCUT2D eigenvalue weighted by molar-refractivity contribution is 5.32. The molecule has 1 aromatic rings. The van der Waals surface area contributed by atoms with E-state index in [0.29, 0.717) is 18.4 Å². The number of ether oxygens (including phenoxy) is 1. The van der Waals surface area contributed by atoms with E-state index < -0.39 is 17.1 Å². The molecular weight excluding hydrogens is 206 g/mol. The number of benzene rings is 1. The lowest BCUT2D eigenvalue weighted by Gasteiger charge is -2.60. The van der Waals surface area contributed by atoms with Crippen LogP contribution in [-0.2, 0) is 10.5 Å². The van der Waals surface area contributed by atoms with Gasteiger partial charge < -0.3 is 20.7 Å². The van der Waals surface area contributed by atoms with Crippen LogP contribution in [0.3, 0.4) is 0 Å². The van der Waals surface area contributed by atoms with Crippen LogP contribution < -0.4 is 5.73 Å². The zero-order chi connectivity index (χ0) is 11.4. The molecule has 0 bridgehead atoms. The van der Waals surface area contributed by atoms with Crippen LogP contribution in [0.1, 0.15) is 24.8 Å². The maximum absolute atomic E-state index is 10.5. The Balaban J connectivity index is 2.04. The van der Waals surface area contributed by atoms with E-state index in [4.69, 9.17) is 10.5 Å². The highest BCUT2D eigenvalue weighted by atomic mass is 16.7. The van der Waals surface area contributed by atoms with Crippen molar-refractivity contribution in [3.8, 4) is 0 Å². The number of hydrogen-bond donors (Lipinski definition) is 3. The van der Waals surface area contributed by atoms with E-state index in [9.17, 15) is 10.2 Å². The van der Waals surface area contributed by atoms with Gasteiger partial charge in [0, 0.05) is 5.56 Å². The lowest BCUT2D eigenvalue weighted by molar-refractivity contribution is -0.476. The van der Waals surface area contributed by atoms with Crippen LogP contribution in [0.25, 0.3) is 0 Å². The first-order valence-corrected chi connectivity index (χ1v) is 5.51. The fraction of sp³-hybridized carbons (Fsp3) is 0.500. The fourth-order valence-corrected chi connectivity index (χ4v) is 2.88. The summed E-state index contributed by atoms with van der Waals surface area (Å²) in [5, 5.41) is 20.9. The molecule has 0 amide bonds. The summed E-state index contributed by atoms with van der Waals surface area (Å²) in [7, 11) is 0. The van der Waals surface area contributed by atoms with Crippen LogP contribution in [0.15, 0.2) is 30.3 Å². The van der Waals surface area contributed by atoms with E-state index in [1.165, 1.54) is 0 Å². The van der Waals surface area contributed by atoms with Crippen molar-refractivity contribution in [1.82, 2.24) is 0 Å². The molecule has 2 aliphatic rings. The number of aliphatic hydroxyl groups is 2. The maximum atomic E-state index is 10.5. The standard InChI is InChI=1S/C12H15NO3/c13-11-8-4-7-10(11,14)12(15,16-11)9-5-2-1-3-6-9/h1-3,5-6,14-15H,4,7-8,13H2. The Morgan fingerprint density at radius 2 is 1.81 bits per heavy atom. The molecule has 0 radical (unpaired) electrons. The molecule has 1 aromatic carbocycles. The van der Waals surface area contributed by atoms with Gasteiger partial charge in [0.15, 0.2) is 11.3 Å². The quantitative estimate of drug-likeness (QED) is 0.643. The zero-order valence-electron chi connectivity index (χ0n) is 8.89. The number of rotatable bonds is 1. The third-order valence-corrected chi connectivity index (χ3v) is 3.84. The fourth-order valence-electron chi connectivity index (χ4n) is 2.88. The molecule has 1 aliphatic carbocycles. The van der Waals surface area contributed by atoms with E-state index in [1.54, 1.807) is 24.3 Å². The van der Waals surface area contributed by atoms with E-state index in [0.717, 1.165) is 6.42 Å². The van der Waals surface area contributed by atoms with Crippen LogP contribution in [0.4, 0.5) is 0 Å². The van der Waals surface area contributed by atoms with Crippen molar-refractivity contribution in [2.45, 2.75) is 36.4 Å². The smallest absolute Gasteiger partial charge is 0.228 e. The summed E-state index contributed by atoms with van der Waals surface area (Å²) in [4.78, 5) is 0. The summed E-state index contributed by atoms with van der Waals surface area (Å²) in [6.07, 6.45) is 1.82. The number of fused-ring (bicyclic) bond motifs is 1. The van der Waals surface area contributed by atoms with Gasteiger partial charge in [0.1, 0.15) is 0 Å². The van der Waals surface area contributed by atoms with Crippen LogP contribution in [-0.4, -0.2) is 21.5 Å². The van der Waals surface area contributed by atoms with Crippen molar-refractivity contribution < 1.29 is 14.9 Å². The van der Waals surface area contributed by atoms with Crippen molar-refractivity contribution in [1.29, 1.82) is 0 Å². The Labute approximate surface area is 93.7 Å². The predicted molar refractivity (Wildman–Crippen MR) is 57.1 cm³/mol. The van der Waals surface area contributed by atoms with Gasteiger partial charge in [-0.2, -0.15) is 0 Å². The minimum Gasteiger partial charge on any atom is -0.380 e. The van der Waals surface area contributed by atoms with Gasteiger partial charge >= 0.3 is 0 Å². The lowest BCUT2D eigenvalue weighted by Crippen LogP contribution is -2.81. The second-order valence-electron chi connectivity index (χ2n) is 4.72. The molecular formula is C12H15NO3. The van der Waals surface area contributed by atoms with Gasteiger partial charge in [-0.15, -0.1) is 0 Å². The summed E-state index contributed by atoms with van der Waals surface area (Å²) < 4.78 is 5.41. The minimum atomic E-state index is -1.65. The van der Waals surface area contributed by atoms with E-state index in [-0.39, 0.29) is 0 Å². The van der Waals surface area contributed by atoms with Crippen molar-refractivity contribution in [3.05, 3.63) is 35.9 Å². The average Bonchev–Trinajstić information content (AvgIpc) is 2.52. The Morgan fingerprint density at radius 3 is 2.44 bits per heavy atom. The Kier molecular flexibility index (Phi) is 1.82. The topological polar surface area (TPSA) is 75.7 Å². The SMILES string of the molecule is NC12CCCC1(O)C(O)(c1ccccc1)O2. The van der Waals surface area contributed by atoms with Crippen molar-refractivity contribution in [3.63, 3.8) is 0 Å². The van der Waals surface area contributed by atoms with E-state index >= 15 is 0 Å². The van der Waals surface area contributed by atoms with Gasteiger partial charge in [0.25, 0.3) is 0 Å². The molecule has 4 nitrogen and oxygen atoms in total. The number of nitrogens with two attached hydrogens (primary N) is 1. The average molecular weight is 221 g/mol. The summed E-state index contributed by atoms with van der Waals surface area (Å²) in [6.45, 7) is 0. The third kappa shape index (κ3) is 0.936. The van der Waals surface area contributed by atoms with Crippen molar-refractivity contribution in [2.75, 3.05) is 0 Å². The molecule has 4 N–H and O–H groups in total. The van der Waals surface area contributed by atoms with Crippen LogP contribution in [0, 0.1) is 0 Å². The number of hydrogen-bond acceptors (Lipinski definition) is 4. The molecule has 3 unspecified atom stereocenters. The highest BCUT2D eigenvalue weighted by Crippen LogP contribution is 2.60. The van der Waals surface area contributed by atoms with Gasteiger partial charge in [-0.05, 0) is 19.3 Å². The van der Waals surface area contributed by atoms with Crippen LogP contribution in [0.5, 0.6) is 0 Å². The van der Waals surface area contributed by atoms with Crippen LogP contribution >= 0.6 is 0 Å². The summed E-state index contributed by atoms with van der Waals surface area (Å²) >= 11 is 0. The van der Waals surface area contributed by atoms with Gasteiger partial charge in [-0.1, -0.05) is 30.3 Å².